The van der Waals surface area contributed by atoms with E-state index in [2.05, 4.69) is 6.07 Å². The van der Waals surface area contributed by atoms with Crippen LogP contribution < -0.4 is 10.5 Å². The highest BCUT2D eigenvalue weighted by Crippen LogP contribution is 2.19. The molecule has 0 aliphatic rings. The summed E-state index contributed by atoms with van der Waals surface area (Å²) < 4.78 is 5.71. The van der Waals surface area contributed by atoms with Crippen LogP contribution in [0.5, 0.6) is 5.75 Å². The number of hydrogen-bond acceptors (Lipinski definition) is 4. The second-order valence-electron chi connectivity index (χ2n) is 4.49. The monoisotopic (exact) mass is 283 g/mol. The second kappa shape index (κ2) is 8.07. The van der Waals surface area contributed by atoms with Gasteiger partial charge in [0, 0.05) is 5.75 Å². The number of aliphatic carboxylic acids is 1. The van der Waals surface area contributed by atoms with Crippen molar-refractivity contribution in [1.29, 1.82) is 0 Å². The van der Waals surface area contributed by atoms with Gasteiger partial charge in [-0.15, -0.1) is 0 Å². The van der Waals surface area contributed by atoms with Gasteiger partial charge < -0.3 is 15.6 Å². The zero-order valence-electron chi connectivity index (χ0n) is 11.4. The quantitative estimate of drug-likeness (QED) is 0.716. The van der Waals surface area contributed by atoms with Gasteiger partial charge in [-0.05, 0) is 43.2 Å². The van der Waals surface area contributed by atoms with Crippen molar-refractivity contribution in [2.24, 2.45) is 5.73 Å². The average Bonchev–Trinajstić information content (AvgIpc) is 2.37. The molecule has 0 saturated carbocycles. The third-order valence-electron chi connectivity index (χ3n) is 2.65. The predicted octanol–water partition coefficient (Wildman–Crippen LogP) is 2.22. The Bertz CT molecular complexity index is 423. The molecule has 3 N–H and O–H groups in total. The van der Waals surface area contributed by atoms with Crippen LogP contribution in [0.2, 0.25) is 0 Å². The molecule has 0 heterocycles. The van der Waals surface area contributed by atoms with Crippen LogP contribution in [-0.4, -0.2) is 35.2 Å². The number of nitrogens with two attached hydrogens (primary N) is 1. The first-order valence-corrected chi connectivity index (χ1v) is 7.42. The lowest BCUT2D eigenvalue weighted by molar-refractivity contribution is -0.137. The highest BCUT2D eigenvalue weighted by atomic mass is 32.2. The zero-order chi connectivity index (χ0) is 14.3. The predicted molar refractivity (Wildman–Crippen MR) is 79.0 cm³/mol. The summed E-state index contributed by atoms with van der Waals surface area (Å²) in [7, 11) is 0. The molecule has 1 rings (SSSR count). The number of carboxylic acid groups (broad SMARTS) is 1. The second-order valence-corrected chi connectivity index (χ2v) is 5.64. The van der Waals surface area contributed by atoms with Crippen molar-refractivity contribution >= 4 is 17.7 Å². The van der Waals surface area contributed by atoms with Gasteiger partial charge in [0.05, 0.1) is 6.61 Å². The minimum absolute atomic E-state index is 0.443. The molecule has 19 heavy (non-hydrogen) atoms. The molecular weight excluding hydrogens is 262 g/mol. The van der Waals surface area contributed by atoms with Crippen molar-refractivity contribution in [3.05, 3.63) is 29.3 Å². The summed E-state index contributed by atoms with van der Waals surface area (Å²) in [6.45, 7) is 4.70. The molecule has 0 amide bonds. The van der Waals surface area contributed by atoms with Gasteiger partial charge in [-0.1, -0.05) is 12.1 Å². The highest BCUT2D eigenvalue weighted by Gasteiger charge is 2.10. The Morgan fingerprint density at radius 3 is 2.89 bits per heavy atom. The third-order valence-corrected chi connectivity index (χ3v) is 3.82. The van der Waals surface area contributed by atoms with Gasteiger partial charge >= 0.3 is 5.97 Å². The lowest BCUT2D eigenvalue weighted by Gasteiger charge is -2.10. The first-order valence-electron chi connectivity index (χ1n) is 6.27. The molecule has 0 saturated heterocycles. The molecule has 0 bridgehead atoms. The summed E-state index contributed by atoms with van der Waals surface area (Å²) in [6, 6.07) is 5.37. The topological polar surface area (TPSA) is 72.5 Å². The van der Waals surface area contributed by atoms with Gasteiger partial charge in [0.2, 0.25) is 0 Å². The van der Waals surface area contributed by atoms with Crippen LogP contribution in [0.1, 0.15) is 17.5 Å². The smallest absolute Gasteiger partial charge is 0.321 e. The van der Waals surface area contributed by atoms with Crippen LogP contribution in [-0.2, 0) is 4.79 Å². The van der Waals surface area contributed by atoms with E-state index in [0.29, 0.717) is 12.4 Å². The fourth-order valence-corrected chi connectivity index (χ4v) is 2.37. The molecule has 1 unspecified atom stereocenters. The van der Waals surface area contributed by atoms with Crippen LogP contribution in [0.3, 0.4) is 0 Å². The summed E-state index contributed by atoms with van der Waals surface area (Å²) in [4.78, 5) is 10.5. The van der Waals surface area contributed by atoms with E-state index in [1.165, 1.54) is 5.56 Å². The first kappa shape index (κ1) is 15.9. The summed E-state index contributed by atoms with van der Waals surface area (Å²) in [5.41, 5.74) is 7.72. The number of rotatable bonds is 8. The molecular formula is C14H21NO3S. The lowest BCUT2D eigenvalue weighted by Crippen LogP contribution is -2.32. The molecule has 1 atom stereocenters. The number of carboxylic acids is 1. The van der Waals surface area contributed by atoms with E-state index in [0.717, 1.165) is 23.5 Å². The van der Waals surface area contributed by atoms with Gasteiger partial charge in [0.1, 0.15) is 11.8 Å². The molecule has 0 aliphatic carbocycles. The van der Waals surface area contributed by atoms with Gasteiger partial charge in [0.25, 0.3) is 0 Å². The average molecular weight is 283 g/mol. The molecule has 0 aromatic heterocycles. The van der Waals surface area contributed by atoms with Crippen LogP contribution in [0.4, 0.5) is 0 Å². The molecule has 0 radical (unpaired) electrons. The molecule has 0 fully saturated rings. The Balaban J connectivity index is 2.17. The fraction of sp³-hybridized carbons (Fsp3) is 0.500. The van der Waals surface area contributed by atoms with Crippen LogP contribution in [0.25, 0.3) is 0 Å². The van der Waals surface area contributed by atoms with Crippen molar-refractivity contribution < 1.29 is 14.6 Å². The first-order chi connectivity index (χ1) is 9.00. The molecule has 1 aromatic rings. The van der Waals surface area contributed by atoms with E-state index in [9.17, 15) is 4.79 Å². The van der Waals surface area contributed by atoms with E-state index in [1.807, 2.05) is 26.0 Å². The summed E-state index contributed by atoms with van der Waals surface area (Å²) in [5, 5.41) is 8.63. The van der Waals surface area contributed by atoms with E-state index in [1.54, 1.807) is 11.8 Å². The van der Waals surface area contributed by atoms with E-state index < -0.39 is 12.0 Å². The molecule has 5 heteroatoms. The molecule has 4 nitrogen and oxygen atoms in total. The molecule has 106 valence electrons. The van der Waals surface area contributed by atoms with Crippen LogP contribution >= 0.6 is 11.8 Å². The normalized spacial score (nSPS) is 12.2. The zero-order valence-corrected chi connectivity index (χ0v) is 12.2. The van der Waals surface area contributed by atoms with Gasteiger partial charge in [0.15, 0.2) is 0 Å². The van der Waals surface area contributed by atoms with Crippen molar-refractivity contribution in [2.75, 3.05) is 18.1 Å². The van der Waals surface area contributed by atoms with Gasteiger partial charge in [-0.25, -0.2) is 0 Å². The molecule has 0 aliphatic heterocycles. The highest BCUT2D eigenvalue weighted by molar-refractivity contribution is 7.99. The van der Waals surface area contributed by atoms with E-state index >= 15 is 0 Å². The molecule has 1 aromatic carbocycles. The van der Waals surface area contributed by atoms with Crippen LogP contribution in [0.15, 0.2) is 18.2 Å². The van der Waals surface area contributed by atoms with Gasteiger partial charge in [-0.3, -0.25) is 4.79 Å². The number of aryl methyl sites for hydroxylation is 2. The van der Waals surface area contributed by atoms with E-state index in [-0.39, 0.29) is 0 Å². The maximum atomic E-state index is 10.5. The maximum Gasteiger partial charge on any atom is 0.321 e. The summed E-state index contributed by atoms with van der Waals surface area (Å²) in [5.74, 6) is 1.27. The minimum Gasteiger partial charge on any atom is -0.493 e. The lowest BCUT2D eigenvalue weighted by atomic mass is 10.1. The maximum absolute atomic E-state index is 10.5. The summed E-state index contributed by atoms with van der Waals surface area (Å²) in [6.07, 6.45) is 0.879. The van der Waals surface area contributed by atoms with Crippen molar-refractivity contribution in [3.8, 4) is 5.75 Å². The number of thioether (sulfide) groups is 1. The fourth-order valence-electron chi connectivity index (χ4n) is 1.49. The molecule has 0 spiro atoms. The Morgan fingerprint density at radius 1 is 1.47 bits per heavy atom. The third kappa shape index (κ3) is 5.98. The number of benzene rings is 1. The summed E-state index contributed by atoms with van der Waals surface area (Å²) >= 11 is 1.55. The number of hydrogen-bond donors (Lipinski definition) is 2. The van der Waals surface area contributed by atoms with Crippen molar-refractivity contribution in [3.63, 3.8) is 0 Å². The Hall–Kier alpha value is -1.20. The van der Waals surface area contributed by atoms with Crippen molar-refractivity contribution in [1.82, 2.24) is 0 Å². The Morgan fingerprint density at radius 2 is 2.21 bits per heavy atom. The largest absolute Gasteiger partial charge is 0.493 e. The van der Waals surface area contributed by atoms with E-state index in [4.69, 9.17) is 15.6 Å². The van der Waals surface area contributed by atoms with Crippen LogP contribution in [0, 0.1) is 13.8 Å². The number of carbonyl (C=O) groups is 1. The Labute approximate surface area is 118 Å². The Kier molecular flexibility index (Phi) is 6.73. The standard InChI is InChI=1S/C14H21NO3S/c1-10-4-5-11(2)13(8-10)18-6-3-7-19-9-12(15)14(16)17/h4-5,8,12H,3,6-7,9,15H2,1-2H3,(H,16,17). The van der Waals surface area contributed by atoms with Gasteiger partial charge in [-0.2, -0.15) is 11.8 Å². The number of ether oxygens (including phenoxy) is 1. The minimum atomic E-state index is -0.945. The van der Waals surface area contributed by atoms with Crippen molar-refractivity contribution in [2.45, 2.75) is 26.3 Å². The SMILES string of the molecule is Cc1ccc(C)c(OCCCSCC(N)C(=O)O)c1.